The Morgan fingerprint density at radius 1 is 1.07 bits per heavy atom. The molecule has 0 aliphatic heterocycles. The third kappa shape index (κ3) is 1.92. The highest BCUT2D eigenvalue weighted by atomic mass is 14.9. The van der Waals surface area contributed by atoms with E-state index >= 15 is 0 Å². The molecule has 1 aromatic heterocycles. The fraction of sp³-hybridized carbons (Fsp3) is 0.308. The summed E-state index contributed by atoms with van der Waals surface area (Å²) < 4.78 is 2.26. The number of nitrogens with zero attached hydrogens (tertiary/aromatic N) is 1. The lowest BCUT2D eigenvalue weighted by Gasteiger charge is -2.01. The summed E-state index contributed by atoms with van der Waals surface area (Å²) in [5, 5.41) is 2.63. The van der Waals surface area contributed by atoms with Gasteiger partial charge in [-0.25, -0.2) is 4.57 Å². The monoisotopic (exact) mass is 186 g/mol. The number of benzene rings is 1. The molecule has 1 heteroatoms. The van der Waals surface area contributed by atoms with Gasteiger partial charge >= 0.3 is 0 Å². The normalized spacial score (nSPS) is 11.1. The van der Waals surface area contributed by atoms with Crippen LogP contribution in [0, 0.1) is 5.92 Å². The maximum Gasteiger partial charge on any atom is 0.176 e. The predicted octanol–water partition coefficient (Wildman–Crippen LogP) is 2.78. The van der Waals surface area contributed by atoms with E-state index in [1.807, 2.05) is 0 Å². The second kappa shape index (κ2) is 3.79. The van der Waals surface area contributed by atoms with Crippen LogP contribution in [0.1, 0.15) is 13.8 Å². The number of hydrogen-bond donors (Lipinski definition) is 0. The lowest BCUT2D eigenvalue weighted by Crippen LogP contribution is -2.35. The van der Waals surface area contributed by atoms with E-state index in [0.717, 1.165) is 6.54 Å². The van der Waals surface area contributed by atoms with Gasteiger partial charge in [-0.2, -0.15) is 0 Å². The Kier molecular flexibility index (Phi) is 2.49. The highest BCUT2D eigenvalue weighted by Crippen LogP contribution is 2.09. The van der Waals surface area contributed by atoms with E-state index in [4.69, 9.17) is 0 Å². The molecule has 0 saturated carbocycles. The van der Waals surface area contributed by atoms with Crippen molar-refractivity contribution in [1.82, 2.24) is 0 Å². The third-order valence-electron chi connectivity index (χ3n) is 2.32. The summed E-state index contributed by atoms with van der Waals surface area (Å²) in [5.41, 5.74) is 0. The lowest BCUT2D eigenvalue weighted by atomic mass is 10.1. The smallest absolute Gasteiger partial charge is 0.176 e. The van der Waals surface area contributed by atoms with Crippen LogP contribution >= 0.6 is 0 Å². The summed E-state index contributed by atoms with van der Waals surface area (Å²) in [4.78, 5) is 0. The molecule has 0 fully saturated rings. The number of hydrogen-bond acceptors (Lipinski definition) is 0. The van der Waals surface area contributed by atoms with Crippen LogP contribution in [0.2, 0.25) is 0 Å². The maximum absolute atomic E-state index is 2.26. The van der Waals surface area contributed by atoms with E-state index in [0.29, 0.717) is 5.92 Å². The van der Waals surface area contributed by atoms with Crippen molar-refractivity contribution in [2.75, 3.05) is 0 Å². The minimum atomic E-state index is 0.696. The Morgan fingerprint density at radius 3 is 2.50 bits per heavy atom. The van der Waals surface area contributed by atoms with Gasteiger partial charge in [-0.3, -0.25) is 0 Å². The van der Waals surface area contributed by atoms with E-state index in [1.165, 1.54) is 10.8 Å². The first-order valence-electron chi connectivity index (χ1n) is 5.13. The molecule has 0 bridgehead atoms. The molecule has 1 nitrogen and oxygen atoms in total. The van der Waals surface area contributed by atoms with E-state index in [2.05, 4.69) is 61.1 Å². The topological polar surface area (TPSA) is 3.88 Å². The SMILES string of the molecule is CC(C)C[n+]1ccc2ccccc2c1. The van der Waals surface area contributed by atoms with Crippen LogP contribution in [0.25, 0.3) is 10.8 Å². The van der Waals surface area contributed by atoms with Gasteiger partial charge in [0.05, 0.1) is 0 Å². The van der Waals surface area contributed by atoms with Crippen molar-refractivity contribution >= 4 is 10.8 Å². The first kappa shape index (κ1) is 9.20. The van der Waals surface area contributed by atoms with Gasteiger partial charge in [0.15, 0.2) is 18.9 Å². The molecule has 0 radical (unpaired) electrons. The summed E-state index contributed by atoms with van der Waals surface area (Å²) in [5.74, 6) is 0.696. The number of pyridine rings is 1. The minimum Gasteiger partial charge on any atom is -0.204 e. The fourth-order valence-corrected chi connectivity index (χ4v) is 1.71. The second-order valence-electron chi connectivity index (χ2n) is 4.16. The summed E-state index contributed by atoms with van der Waals surface area (Å²) in [6, 6.07) is 10.6. The van der Waals surface area contributed by atoms with Crippen LogP contribution in [-0.2, 0) is 6.54 Å². The van der Waals surface area contributed by atoms with Crippen LogP contribution < -0.4 is 4.57 Å². The molecule has 0 atom stereocenters. The van der Waals surface area contributed by atoms with E-state index in [1.54, 1.807) is 0 Å². The number of rotatable bonds is 2. The molecular weight excluding hydrogens is 170 g/mol. The highest BCUT2D eigenvalue weighted by molar-refractivity contribution is 5.80. The van der Waals surface area contributed by atoms with E-state index in [9.17, 15) is 0 Å². The average molecular weight is 186 g/mol. The van der Waals surface area contributed by atoms with Gasteiger partial charge < -0.3 is 0 Å². The minimum absolute atomic E-state index is 0.696. The summed E-state index contributed by atoms with van der Waals surface area (Å²) >= 11 is 0. The van der Waals surface area contributed by atoms with Gasteiger partial charge in [0, 0.05) is 17.4 Å². The molecule has 0 saturated heterocycles. The van der Waals surface area contributed by atoms with Crippen molar-refractivity contribution in [3.05, 3.63) is 42.7 Å². The van der Waals surface area contributed by atoms with Gasteiger partial charge in [-0.05, 0) is 11.5 Å². The summed E-state index contributed by atoms with van der Waals surface area (Å²) in [7, 11) is 0. The van der Waals surface area contributed by atoms with Crippen molar-refractivity contribution in [2.45, 2.75) is 20.4 Å². The molecule has 1 aromatic carbocycles. The zero-order valence-electron chi connectivity index (χ0n) is 8.77. The first-order chi connectivity index (χ1) is 6.75. The largest absolute Gasteiger partial charge is 0.204 e. The molecule has 0 spiro atoms. The van der Waals surface area contributed by atoms with Crippen molar-refractivity contribution in [2.24, 2.45) is 5.92 Å². The van der Waals surface area contributed by atoms with Crippen molar-refractivity contribution in [3.63, 3.8) is 0 Å². The summed E-state index contributed by atoms with van der Waals surface area (Å²) in [6.45, 7) is 5.56. The van der Waals surface area contributed by atoms with E-state index < -0.39 is 0 Å². The van der Waals surface area contributed by atoms with Gasteiger partial charge in [-0.15, -0.1) is 0 Å². The Bertz CT molecular complexity index is 432. The number of fused-ring (bicyclic) bond motifs is 1. The van der Waals surface area contributed by atoms with Crippen LogP contribution in [-0.4, -0.2) is 0 Å². The molecule has 0 aliphatic carbocycles. The van der Waals surface area contributed by atoms with Crippen LogP contribution in [0.3, 0.4) is 0 Å². The number of aromatic nitrogens is 1. The molecule has 0 N–H and O–H groups in total. The fourth-order valence-electron chi connectivity index (χ4n) is 1.71. The Morgan fingerprint density at radius 2 is 1.79 bits per heavy atom. The van der Waals surface area contributed by atoms with Crippen molar-refractivity contribution < 1.29 is 4.57 Å². The van der Waals surface area contributed by atoms with Gasteiger partial charge in [-0.1, -0.05) is 32.0 Å². The van der Waals surface area contributed by atoms with Gasteiger partial charge in [0.2, 0.25) is 0 Å². The molecule has 0 unspecified atom stereocenters. The maximum atomic E-state index is 2.26. The lowest BCUT2D eigenvalue weighted by molar-refractivity contribution is -0.701. The summed E-state index contributed by atoms with van der Waals surface area (Å²) in [6.07, 6.45) is 4.37. The quantitative estimate of drug-likeness (QED) is 0.635. The van der Waals surface area contributed by atoms with Crippen LogP contribution in [0.5, 0.6) is 0 Å². The van der Waals surface area contributed by atoms with Crippen LogP contribution in [0.15, 0.2) is 42.7 Å². The Hall–Kier alpha value is -1.37. The Labute approximate surface area is 85.0 Å². The molecule has 14 heavy (non-hydrogen) atoms. The predicted molar refractivity (Wildman–Crippen MR) is 59.0 cm³/mol. The molecule has 2 rings (SSSR count). The molecular formula is C13H16N+. The molecule has 1 heterocycles. The zero-order valence-corrected chi connectivity index (χ0v) is 8.77. The average Bonchev–Trinajstić information content (AvgIpc) is 2.17. The zero-order chi connectivity index (χ0) is 9.97. The molecule has 0 aliphatic rings. The highest BCUT2D eigenvalue weighted by Gasteiger charge is 2.04. The van der Waals surface area contributed by atoms with Gasteiger partial charge in [0.25, 0.3) is 0 Å². The van der Waals surface area contributed by atoms with E-state index in [-0.39, 0.29) is 0 Å². The molecule has 2 aromatic rings. The second-order valence-corrected chi connectivity index (χ2v) is 4.16. The standard InChI is InChI=1S/C13H16N/c1-11(2)9-14-8-7-12-5-3-4-6-13(12)10-14/h3-8,10-11H,9H2,1-2H3/q+1. The Balaban J connectivity index is 2.41. The third-order valence-corrected chi connectivity index (χ3v) is 2.32. The van der Waals surface area contributed by atoms with Crippen LogP contribution in [0.4, 0.5) is 0 Å². The van der Waals surface area contributed by atoms with Crippen molar-refractivity contribution in [1.29, 1.82) is 0 Å². The molecule has 0 amide bonds. The van der Waals surface area contributed by atoms with Gasteiger partial charge in [0.1, 0.15) is 0 Å². The van der Waals surface area contributed by atoms with Crippen molar-refractivity contribution in [3.8, 4) is 0 Å². The first-order valence-corrected chi connectivity index (χ1v) is 5.13. The molecule has 72 valence electrons.